The number of hydrogen-bond donors (Lipinski definition) is 0. The molecular formula is C10H13N3. The molecule has 0 aliphatic heterocycles. The first-order valence-electron chi connectivity index (χ1n) is 4.37. The first-order valence-corrected chi connectivity index (χ1v) is 4.37. The maximum absolute atomic E-state index is 4.17. The summed E-state index contributed by atoms with van der Waals surface area (Å²) in [5.41, 5.74) is 1.36. The van der Waals surface area contributed by atoms with Crippen molar-refractivity contribution < 1.29 is 0 Å². The Morgan fingerprint density at radius 1 is 1.15 bits per heavy atom. The fourth-order valence-corrected chi connectivity index (χ4v) is 1.45. The van der Waals surface area contributed by atoms with Crippen LogP contribution in [0.3, 0.4) is 0 Å². The Morgan fingerprint density at radius 2 is 1.85 bits per heavy atom. The highest BCUT2D eigenvalue weighted by molar-refractivity contribution is 5.32. The van der Waals surface area contributed by atoms with Crippen molar-refractivity contribution in [2.24, 2.45) is 0 Å². The van der Waals surface area contributed by atoms with Crippen molar-refractivity contribution in [3.63, 3.8) is 0 Å². The summed E-state index contributed by atoms with van der Waals surface area (Å²) in [6.07, 6.45) is 5.53. The van der Waals surface area contributed by atoms with E-state index in [2.05, 4.69) is 30.7 Å². The number of rotatable bonds is 0. The number of nitrogens with zero attached hydrogens (tertiary/aromatic N) is 3. The normalized spacial score (nSPS) is 12.2. The third kappa shape index (κ3) is 1.30. The number of fused-ring (bicyclic) bond motifs is 1. The molecule has 2 rings (SSSR count). The van der Waals surface area contributed by atoms with Gasteiger partial charge in [0, 0.05) is 29.7 Å². The molecule has 0 aliphatic carbocycles. The zero-order valence-corrected chi connectivity index (χ0v) is 8.15. The van der Waals surface area contributed by atoms with E-state index in [9.17, 15) is 0 Å². The Morgan fingerprint density at radius 3 is 2.54 bits per heavy atom. The average Bonchev–Trinajstić information content (AvgIpc) is 2.48. The summed E-state index contributed by atoms with van der Waals surface area (Å²) in [7, 11) is 0. The van der Waals surface area contributed by atoms with Gasteiger partial charge in [-0.05, 0) is 6.07 Å². The Bertz CT molecular complexity index is 423. The summed E-state index contributed by atoms with van der Waals surface area (Å²) in [5.74, 6) is 0.771. The quantitative estimate of drug-likeness (QED) is 0.613. The monoisotopic (exact) mass is 175 g/mol. The second kappa shape index (κ2) is 2.55. The molecule has 0 unspecified atom stereocenters. The van der Waals surface area contributed by atoms with E-state index in [1.807, 2.05) is 22.9 Å². The van der Waals surface area contributed by atoms with E-state index < -0.39 is 0 Å². The molecule has 0 aliphatic rings. The Kier molecular flexibility index (Phi) is 1.62. The molecule has 0 bridgehead atoms. The molecule has 0 fully saturated rings. The van der Waals surface area contributed by atoms with Crippen LogP contribution in [0.1, 0.15) is 26.5 Å². The smallest absolute Gasteiger partial charge is 0.233 e. The highest BCUT2D eigenvalue weighted by Gasteiger charge is 2.16. The van der Waals surface area contributed by atoms with Crippen LogP contribution in [0.15, 0.2) is 24.7 Å². The summed E-state index contributed by atoms with van der Waals surface area (Å²) < 4.78 is 2.03. The highest BCUT2D eigenvalue weighted by Crippen LogP contribution is 2.21. The molecule has 13 heavy (non-hydrogen) atoms. The van der Waals surface area contributed by atoms with Crippen molar-refractivity contribution >= 4 is 5.78 Å². The van der Waals surface area contributed by atoms with E-state index >= 15 is 0 Å². The lowest BCUT2D eigenvalue weighted by Crippen LogP contribution is -2.16. The molecule has 3 heteroatoms. The van der Waals surface area contributed by atoms with Gasteiger partial charge in [-0.1, -0.05) is 20.8 Å². The second-order valence-corrected chi connectivity index (χ2v) is 4.18. The van der Waals surface area contributed by atoms with Gasteiger partial charge < -0.3 is 0 Å². The van der Waals surface area contributed by atoms with Gasteiger partial charge in [0.05, 0.1) is 0 Å². The Labute approximate surface area is 77.4 Å². The fraction of sp³-hybridized carbons (Fsp3) is 0.400. The van der Waals surface area contributed by atoms with Gasteiger partial charge in [-0.3, -0.25) is 4.40 Å². The van der Waals surface area contributed by atoms with Crippen molar-refractivity contribution in [2.75, 3.05) is 0 Å². The van der Waals surface area contributed by atoms with Crippen molar-refractivity contribution in [3.05, 3.63) is 30.4 Å². The molecule has 0 atom stereocenters. The predicted molar refractivity (Wildman–Crippen MR) is 51.7 cm³/mol. The van der Waals surface area contributed by atoms with Gasteiger partial charge in [0.15, 0.2) is 0 Å². The van der Waals surface area contributed by atoms with Crippen LogP contribution in [0.25, 0.3) is 5.78 Å². The van der Waals surface area contributed by atoms with Crippen molar-refractivity contribution in [2.45, 2.75) is 26.2 Å². The molecule has 68 valence electrons. The Hall–Kier alpha value is -1.38. The summed E-state index contributed by atoms with van der Waals surface area (Å²) in [6, 6.07) is 2.04. The summed E-state index contributed by atoms with van der Waals surface area (Å²) in [5, 5.41) is 0. The predicted octanol–water partition coefficient (Wildman–Crippen LogP) is 2.03. The van der Waals surface area contributed by atoms with Crippen LogP contribution in [0.5, 0.6) is 0 Å². The second-order valence-electron chi connectivity index (χ2n) is 4.18. The fourth-order valence-electron chi connectivity index (χ4n) is 1.45. The zero-order chi connectivity index (χ0) is 9.47. The van der Waals surface area contributed by atoms with Crippen molar-refractivity contribution in [1.29, 1.82) is 0 Å². The van der Waals surface area contributed by atoms with E-state index in [-0.39, 0.29) is 5.41 Å². The van der Waals surface area contributed by atoms with Crippen LogP contribution in [-0.4, -0.2) is 14.4 Å². The van der Waals surface area contributed by atoms with Gasteiger partial charge in [0.1, 0.15) is 0 Å². The van der Waals surface area contributed by atoms with Crippen LogP contribution < -0.4 is 0 Å². The molecular weight excluding hydrogens is 162 g/mol. The zero-order valence-electron chi connectivity index (χ0n) is 8.15. The molecule has 0 N–H and O–H groups in total. The molecule has 0 saturated heterocycles. The van der Waals surface area contributed by atoms with Gasteiger partial charge in [-0.25, -0.2) is 9.97 Å². The van der Waals surface area contributed by atoms with Crippen LogP contribution in [-0.2, 0) is 5.41 Å². The molecule has 3 nitrogen and oxygen atoms in total. The topological polar surface area (TPSA) is 30.2 Å². The highest BCUT2D eigenvalue weighted by atomic mass is 15.1. The van der Waals surface area contributed by atoms with E-state index in [0.717, 1.165) is 5.78 Å². The minimum Gasteiger partial charge on any atom is -0.288 e. The average molecular weight is 175 g/mol. The van der Waals surface area contributed by atoms with Crippen LogP contribution in [0, 0.1) is 0 Å². The van der Waals surface area contributed by atoms with E-state index in [0.29, 0.717) is 0 Å². The van der Waals surface area contributed by atoms with Gasteiger partial charge in [0.2, 0.25) is 5.78 Å². The number of imidazole rings is 1. The molecule has 0 amide bonds. The van der Waals surface area contributed by atoms with E-state index in [1.165, 1.54) is 5.69 Å². The summed E-state index contributed by atoms with van der Waals surface area (Å²) >= 11 is 0. The lowest BCUT2D eigenvalue weighted by atomic mass is 9.92. The van der Waals surface area contributed by atoms with Gasteiger partial charge in [-0.2, -0.15) is 0 Å². The van der Waals surface area contributed by atoms with Crippen molar-refractivity contribution in [3.8, 4) is 0 Å². The first kappa shape index (κ1) is 8.23. The maximum atomic E-state index is 4.17. The minimum atomic E-state index is 0.127. The van der Waals surface area contributed by atoms with Gasteiger partial charge in [0.25, 0.3) is 0 Å². The lowest BCUT2D eigenvalue weighted by Gasteiger charge is -2.19. The minimum absolute atomic E-state index is 0.127. The summed E-state index contributed by atoms with van der Waals surface area (Å²) in [6.45, 7) is 6.55. The maximum Gasteiger partial charge on any atom is 0.233 e. The molecule has 0 radical (unpaired) electrons. The molecule has 2 aromatic rings. The van der Waals surface area contributed by atoms with Crippen molar-refractivity contribution in [1.82, 2.24) is 14.4 Å². The van der Waals surface area contributed by atoms with Gasteiger partial charge >= 0.3 is 0 Å². The van der Waals surface area contributed by atoms with Crippen LogP contribution in [0.4, 0.5) is 0 Å². The SMILES string of the molecule is CC(C)(C)c1ccnc2nccn12. The first-order chi connectivity index (χ1) is 6.09. The number of hydrogen-bond acceptors (Lipinski definition) is 2. The number of aromatic nitrogens is 3. The van der Waals surface area contributed by atoms with Crippen LogP contribution >= 0.6 is 0 Å². The molecule has 0 spiro atoms. The molecule has 0 aromatic carbocycles. The van der Waals surface area contributed by atoms with Gasteiger partial charge in [-0.15, -0.1) is 0 Å². The standard InChI is InChI=1S/C10H13N3/c1-10(2,3)8-4-5-11-9-12-6-7-13(8)9/h4-7H,1-3H3. The largest absolute Gasteiger partial charge is 0.288 e. The molecule has 0 saturated carbocycles. The third-order valence-electron chi connectivity index (χ3n) is 2.07. The molecule has 2 aromatic heterocycles. The molecule has 2 heterocycles. The summed E-state index contributed by atoms with van der Waals surface area (Å²) in [4.78, 5) is 8.31. The Balaban J connectivity index is 2.75. The lowest BCUT2D eigenvalue weighted by molar-refractivity contribution is 0.559. The van der Waals surface area contributed by atoms with E-state index in [4.69, 9.17) is 0 Å². The van der Waals surface area contributed by atoms with E-state index in [1.54, 1.807) is 6.20 Å². The van der Waals surface area contributed by atoms with Crippen LogP contribution in [0.2, 0.25) is 0 Å². The third-order valence-corrected chi connectivity index (χ3v) is 2.07.